The molecule has 0 radical (unpaired) electrons. The summed E-state index contributed by atoms with van der Waals surface area (Å²) in [5, 5.41) is 0. The molecule has 0 fully saturated rings. The van der Waals surface area contributed by atoms with E-state index in [4.69, 9.17) is 14.2 Å². The molecule has 0 saturated carbocycles. The first-order valence-corrected chi connectivity index (χ1v) is 22.8. The predicted molar refractivity (Wildman–Crippen MR) is 220 cm³/mol. The van der Waals surface area contributed by atoms with Crippen LogP contribution < -0.4 is 0 Å². The van der Waals surface area contributed by atoms with Crippen molar-refractivity contribution < 1.29 is 28.6 Å². The van der Waals surface area contributed by atoms with Crippen LogP contribution in [0.3, 0.4) is 0 Å². The summed E-state index contributed by atoms with van der Waals surface area (Å²) in [4.78, 5) is 37.7. The van der Waals surface area contributed by atoms with Gasteiger partial charge < -0.3 is 14.2 Å². The third kappa shape index (κ3) is 38.1. The van der Waals surface area contributed by atoms with Gasteiger partial charge in [-0.1, -0.05) is 208 Å². The van der Waals surface area contributed by atoms with Crippen molar-refractivity contribution in [2.24, 2.45) is 11.8 Å². The van der Waals surface area contributed by atoms with Crippen LogP contribution in [0.15, 0.2) is 0 Å². The van der Waals surface area contributed by atoms with E-state index >= 15 is 0 Å². The van der Waals surface area contributed by atoms with E-state index in [1.165, 1.54) is 135 Å². The Morgan fingerprint density at radius 2 is 0.731 bits per heavy atom. The summed E-state index contributed by atoms with van der Waals surface area (Å²) in [6.07, 6.45) is 36.5. The lowest BCUT2D eigenvalue weighted by Gasteiger charge is -2.18. The maximum Gasteiger partial charge on any atom is 0.306 e. The van der Waals surface area contributed by atoms with Gasteiger partial charge in [0, 0.05) is 19.3 Å². The van der Waals surface area contributed by atoms with Gasteiger partial charge in [-0.25, -0.2) is 0 Å². The number of carbonyl (C=O) groups is 3. The molecule has 1 unspecified atom stereocenters. The zero-order valence-corrected chi connectivity index (χ0v) is 35.4. The molecular weight excluding hydrogens is 649 g/mol. The van der Waals surface area contributed by atoms with Crippen molar-refractivity contribution in [3.63, 3.8) is 0 Å². The third-order valence-corrected chi connectivity index (χ3v) is 10.6. The molecule has 0 rings (SSSR count). The normalized spacial score (nSPS) is 12.6. The Balaban J connectivity index is 4.33. The van der Waals surface area contributed by atoms with Crippen molar-refractivity contribution in [3.8, 4) is 0 Å². The topological polar surface area (TPSA) is 78.9 Å². The van der Waals surface area contributed by atoms with Gasteiger partial charge in [0.2, 0.25) is 0 Å². The van der Waals surface area contributed by atoms with E-state index in [2.05, 4.69) is 34.6 Å². The Morgan fingerprint density at radius 1 is 0.404 bits per heavy atom. The number of esters is 3. The fraction of sp³-hybridized carbons (Fsp3) is 0.935. The summed E-state index contributed by atoms with van der Waals surface area (Å²) in [6, 6.07) is 0. The Bertz CT molecular complexity index is 796. The number of unbranched alkanes of at least 4 members (excludes halogenated alkanes) is 24. The minimum Gasteiger partial charge on any atom is -0.462 e. The molecule has 0 heterocycles. The molecule has 2 atom stereocenters. The number of rotatable bonds is 40. The lowest BCUT2D eigenvalue weighted by molar-refractivity contribution is -0.167. The zero-order valence-electron chi connectivity index (χ0n) is 35.4. The van der Waals surface area contributed by atoms with Gasteiger partial charge in [-0.3, -0.25) is 14.4 Å². The predicted octanol–water partition coefficient (Wildman–Crippen LogP) is 14.2. The lowest BCUT2D eigenvalue weighted by atomic mass is 9.99. The molecule has 6 nitrogen and oxygen atoms in total. The smallest absolute Gasteiger partial charge is 0.306 e. The molecule has 0 aliphatic carbocycles. The summed E-state index contributed by atoms with van der Waals surface area (Å²) in [7, 11) is 0. The van der Waals surface area contributed by atoms with Crippen molar-refractivity contribution in [2.45, 2.75) is 253 Å². The number of hydrogen-bond acceptors (Lipinski definition) is 6. The first-order valence-electron chi connectivity index (χ1n) is 22.8. The molecular formula is C46H88O6. The molecule has 0 N–H and O–H groups in total. The minimum atomic E-state index is -0.760. The second kappa shape index (κ2) is 39.1. The van der Waals surface area contributed by atoms with Gasteiger partial charge in [0.15, 0.2) is 6.10 Å². The van der Waals surface area contributed by atoms with Gasteiger partial charge in [0.05, 0.1) is 0 Å². The maximum absolute atomic E-state index is 12.7. The molecule has 0 aliphatic rings. The van der Waals surface area contributed by atoms with Crippen LogP contribution in [-0.2, 0) is 28.6 Å². The van der Waals surface area contributed by atoms with E-state index in [1.807, 2.05) is 0 Å². The lowest BCUT2D eigenvalue weighted by Crippen LogP contribution is -2.30. The first kappa shape index (κ1) is 50.4. The van der Waals surface area contributed by atoms with Crippen molar-refractivity contribution >= 4 is 17.9 Å². The number of carbonyl (C=O) groups excluding carboxylic acids is 3. The highest BCUT2D eigenvalue weighted by molar-refractivity contribution is 5.71. The number of hydrogen-bond donors (Lipinski definition) is 0. The van der Waals surface area contributed by atoms with Crippen molar-refractivity contribution in [1.82, 2.24) is 0 Å². The molecule has 6 heteroatoms. The largest absolute Gasteiger partial charge is 0.462 e. The van der Waals surface area contributed by atoms with Crippen LogP contribution >= 0.6 is 0 Å². The molecule has 0 bridgehead atoms. The summed E-state index contributed by atoms with van der Waals surface area (Å²) in [5.41, 5.74) is 0. The standard InChI is InChI=1S/C46H88O6/c1-6-8-9-10-11-14-21-26-31-36-44(47)50-39-43(52-46(49)38-33-28-23-18-17-20-25-30-35-42(5)7-2)40-51-45(48)37-32-27-22-16-13-12-15-19-24-29-34-41(3)4/h41-43H,6-40H2,1-5H3/t42?,43-/m1/s1. The van der Waals surface area contributed by atoms with Gasteiger partial charge in [0.25, 0.3) is 0 Å². The zero-order chi connectivity index (χ0) is 38.3. The monoisotopic (exact) mass is 737 g/mol. The van der Waals surface area contributed by atoms with Crippen LogP contribution in [0.5, 0.6) is 0 Å². The Kier molecular flexibility index (Phi) is 37.9. The SMILES string of the molecule is CCCCCCCCCCCC(=O)OC[C@H](COC(=O)CCCCCCCCCCCCC(C)C)OC(=O)CCCCCCCCCCC(C)CC. The van der Waals surface area contributed by atoms with Crippen LogP contribution in [0.4, 0.5) is 0 Å². The van der Waals surface area contributed by atoms with Crippen LogP contribution in [-0.4, -0.2) is 37.2 Å². The summed E-state index contributed by atoms with van der Waals surface area (Å²) < 4.78 is 16.7. The Labute approximate surface area is 323 Å². The highest BCUT2D eigenvalue weighted by Crippen LogP contribution is 2.17. The molecule has 0 aromatic carbocycles. The summed E-state index contributed by atoms with van der Waals surface area (Å²) in [5.74, 6) is 0.802. The van der Waals surface area contributed by atoms with Gasteiger partial charge in [-0.2, -0.15) is 0 Å². The quantitative estimate of drug-likeness (QED) is 0.0354. The van der Waals surface area contributed by atoms with Crippen LogP contribution in [0.2, 0.25) is 0 Å². The van der Waals surface area contributed by atoms with Gasteiger partial charge in [0.1, 0.15) is 13.2 Å². The van der Waals surface area contributed by atoms with Gasteiger partial charge in [-0.15, -0.1) is 0 Å². The highest BCUT2D eigenvalue weighted by atomic mass is 16.6. The van der Waals surface area contributed by atoms with E-state index in [-0.39, 0.29) is 31.1 Å². The van der Waals surface area contributed by atoms with E-state index in [1.54, 1.807) is 0 Å². The first-order chi connectivity index (χ1) is 25.3. The minimum absolute atomic E-state index is 0.0654. The fourth-order valence-corrected chi connectivity index (χ4v) is 6.72. The van der Waals surface area contributed by atoms with Crippen LogP contribution in [0.25, 0.3) is 0 Å². The van der Waals surface area contributed by atoms with E-state index in [0.29, 0.717) is 19.3 Å². The molecule has 52 heavy (non-hydrogen) atoms. The van der Waals surface area contributed by atoms with E-state index in [0.717, 1.165) is 69.6 Å². The average molecular weight is 737 g/mol. The summed E-state index contributed by atoms with van der Waals surface area (Å²) >= 11 is 0. The number of ether oxygens (including phenoxy) is 3. The molecule has 0 aliphatic heterocycles. The van der Waals surface area contributed by atoms with Crippen molar-refractivity contribution in [3.05, 3.63) is 0 Å². The Morgan fingerprint density at radius 3 is 1.10 bits per heavy atom. The van der Waals surface area contributed by atoms with Gasteiger partial charge in [-0.05, 0) is 31.1 Å². The van der Waals surface area contributed by atoms with E-state index < -0.39 is 6.10 Å². The molecule has 308 valence electrons. The van der Waals surface area contributed by atoms with Gasteiger partial charge >= 0.3 is 17.9 Å². The molecule has 0 aromatic heterocycles. The highest BCUT2D eigenvalue weighted by Gasteiger charge is 2.19. The Hall–Kier alpha value is -1.59. The molecule has 0 amide bonds. The molecule has 0 spiro atoms. The molecule has 0 aromatic rings. The van der Waals surface area contributed by atoms with Crippen LogP contribution in [0.1, 0.15) is 247 Å². The summed E-state index contributed by atoms with van der Waals surface area (Å²) in [6.45, 7) is 11.3. The van der Waals surface area contributed by atoms with Crippen molar-refractivity contribution in [1.29, 1.82) is 0 Å². The van der Waals surface area contributed by atoms with Crippen molar-refractivity contribution in [2.75, 3.05) is 13.2 Å². The fourth-order valence-electron chi connectivity index (χ4n) is 6.72. The van der Waals surface area contributed by atoms with E-state index in [9.17, 15) is 14.4 Å². The average Bonchev–Trinajstić information content (AvgIpc) is 3.12. The second-order valence-electron chi connectivity index (χ2n) is 16.4. The second-order valence-corrected chi connectivity index (χ2v) is 16.4. The molecule has 0 saturated heterocycles. The third-order valence-electron chi connectivity index (χ3n) is 10.6. The maximum atomic E-state index is 12.7. The van der Waals surface area contributed by atoms with Crippen LogP contribution in [0, 0.1) is 11.8 Å².